The Bertz CT molecular complexity index is 1030. The molecule has 0 aliphatic carbocycles. The fourth-order valence-electron chi connectivity index (χ4n) is 4.41. The van der Waals surface area contributed by atoms with Crippen LogP contribution in [0.3, 0.4) is 0 Å². The summed E-state index contributed by atoms with van der Waals surface area (Å²) in [6.07, 6.45) is 2.87. The van der Waals surface area contributed by atoms with Gasteiger partial charge in [0.25, 0.3) is 0 Å². The molecule has 0 bridgehead atoms. The van der Waals surface area contributed by atoms with Crippen LogP contribution in [-0.4, -0.2) is 37.1 Å². The molecule has 1 aliphatic heterocycles. The summed E-state index contributed by atoms with van der Waals surface area (Å²) in [4.78, 5) is 18.6. The molecule has 4 rings (SSSR count). The van der Waals surface area contributed by atoms with Gasteiger partial charge in [-0.05, 0) is 61.3 Å². The summed E-state index contributed by atoms with van der Waals surface area (Å²) >= 11 is 6.22. The van der Waals surface area contributed by atoms with Gasteiger partial charge in [-0.1, -0.05) is 36.7 Å². The van der Waals surface area contributed by atoms with Crippen LogP contribution in [0.2, 0.25) is 5.02 Å². The summed E-state index contributed by atoms with van der Waals surface area (Å²) in [5.74, 6) is 0.164. The van der Waals surface area contributed by atoms with E-state index < -0.39 is 6.04 Å². The molecular weight excluding hydrogens is 384 g/mol. The number of benzene rings is 2. The minimum absolute atomic E-state index is 0.0489. The van der Waals surface area contributed by atoms with Crippen molar-refractivity contribution in [3.8, 4) is 0 Å². The van der Waals surface area contributed by atoms with Gasteiger partial charge in [-0.3, -0.25) is 4.79 Å². The van der Waals surface area contributed by atoms with Crippen LogP contribution < -0.4 is 16.0 Å². The molecule has 0 saturated heterocycles. The smallest absolute Gasteiger partial charge is 0.244 e. The first-order valence-corrected chi connectivity index (χ1v) is 10.4. The zero-order chi connectivity index (χ0) is 20.5. The molecule has 152 valence electrons. The van der Waals surface area contributed by atoms with Crippen molar-refractivity contribution in [3.05, 3.63) is 64.8 Å². The van der Waals surface area contributed by atoms with Crippen LogP contribution in [0.25, 0.3) is 10.9 Å². The van der Waals surface area contributed by atoms with E-state index in [9.17, 15) is 4.79 Å². The van der Waals surface area contributed by atoms with E-state index in [-0.39, 0.29) is 11.8 Å². The number of carbonyl (C=O) groups is 1. The Morgan fingerprint density at radius 3 is 2.93 bits per heavy atom. The minimum Gasteiger partial charge on any atom is -0.361 e. The van der Waals surface area contributed by atoms with Crippen molar-refractivity contribution in [2.45, 2.75) is 25.3 Å². The third-order valence-electron chi connectivity index (χ3n) is 5.98. The lowest BCUT2D eigenvalue weighted by atomic mass is 9.89. The average molecular weight is 411 g/mol. The molecule has 3 atom stereocenters. The number of nitrogens with two attached hydrogens (primary N) is 1. The number of nitrogens with zero attached hydrogens (tertiary/aromatic N) is 1. The molecule has 1 aliphatic rings. The minimum atomic E-state index is -0.633. The van der Waals surface area contributed by atoms with Crippen LogP contribution in [0.15, 0.2) is 48.7 Å². The molecule has 1 amide bonds. The highest BCUT2D eigenvalue weighted by Gasteiger charge is 2.34. The van der Waals surface area contributed by atoms with Crippen molar-refractivity contribution in [1.29, 1.82) is 0 Å². The predicted octanol–water partition coefficient (Wildman–Crippen LogP) is 3.68. The Balaban J connectivity index is 1.64. The van der Waals surface area contributed by atoms with Crippen LogP contribution in [0.1, 0.15) is 24.0 Å². The first-order valence-electron chi connectivity index (χ1n) is 10.1. The summed E-state index contributed by atoms with van der Waals surface area (Å²) in [7, 11) is 1.93. The van der Waals surface area contributed by atoms with Gasteiger partial charge < -0.3 is 20.9 Å². The number of hydrogen-bond acceptors (Lipinski definition) is 3. The molecular formula is C23H27ClN4O. The van der Waals surface area contributed by atoms with E-state index in [1.165, 1.54) is 0 Å². The van der Waals surface area contributed by atoms with Gasteiger partial charge in [-0.25, -0.2) is 0 Å². The molecule has 29 heavy (non-hydrogen) atoms. The third kappa shape index (κ3) is 3.78. The zero-order valence-corrected chi connectivity index (χ0v) is 17.5. The number of amides is 1. The van der Waals surface area contributed by atoms with E-state index in [0.717, 1.165) is 40.7 Å². The maximum Gasteiger partial charge on any atom is 0.244 e. The number of hydrogen-bond donors (Lipinski definition) is 3. The van der Waals surface area contributed by atoms with Crippen molar-refractivity contribution in [1.82, 2.24) is 10.3 Å². The van der Waals surface area contributed by atoms with E-state index in [2.05, 4.69) is 16.4 Å². The average Bonchev–Trinajstić information content (AvgIpc) is 3.15. The SMILES string of the molecule is CNC[C@H]1Cc2cc(Cl)ccc2N(C(=O)C(N)C(C)c2c[nH]c3ccccc23)C1. The molecule has 4 N–H and O–H groups in total. The second-order valence-electron chi connectivity index (χ2n) is 7.95. The highest BCUT2D eigenvalue weighted by Crippen LogP contribution is 2.34. The molecule has 2 heterocycles. The maximum absolute atomic E-state index is 13.5. The highest BCUT2D eigenvalue weighted by atomic mass is 35.5. The van der Waals surface area contributed by atoms with E-state index in [1.807, 2.05) is 61.5 Å². The van der Waals surface area contributed by atoms with Gasteiger partial charge >= 0.3 is 0 Å². The number of aromatic nitrogens is 1. The molecule has 0 spiro atoms. The van der Waals surface area contributed by atoms with Gasteiger partial charge in [0, 0.05) is 40.3 Å². The number of rotatable bonds is 5. The number of H-pyrrole nitrogens is 1. The van der Waals surface area contributed by atoms with E-state index in [0.29, 0.717) is 17.5 Å². The molecule has 1 aromatic heterocycles. The molecule has 0 saturated carbocycles. The number of halogens is 1. The number of anilines is 1. The highest BCUT2D eigenvalue weighted by molar-refractivity contribution is 6.30. The van der Waals surface area contributed by atoms with Crippen LogP contribution in [-0.2, 0) is 11.2 Å². The maximum atomic E-state index is 13.5. The van der Waals surface area contributed by atoms with Gasteiger partial charge in [0.05, 0.1) is 6.04 Å². The summed E-state index contributed by atoms with van der Waals surface area (Å²) in [6, 6.07) is 13.2. The quantitative estimate of drug-likeness (QED) is 0.600. The van der Waals surface area contributed by atoms with Crippen molar-refractivity contribution < 1.29 is 4.79 Å². The van der Waals surface area contributed by atoms with Crippen LogP contribution in [0, 0.1) is 5.92 Å². The Morgan fingerprint density at radius 1 is 1.34 bits per heavy atom. The second kappa shape index (κ2) is 8.19. The van der Waals surface area contributed by atoms with Crippen molar-refractivity contribution in [2.24, 2.45) is 11.7 Å². The summed E-state index contributed by atoms with van der Waals surface area (Å²) in [5, 5.41) is 5.04. The largest absolute Gasteiger partial charge is 0.361 e. The Labute approximate surface area is 176 Å². The lowest BCUT2D eigenvalue weighted by Crippen LogP contribution is -2.51. The van der Waals surface area contributed by atoms with E-state index in [4.69, 9.17) is 17.3 Å². The molecule has 2 aromatic carbocycles. The molecule has 6 heteroatoms. The predicted molar refractivity (Wildman–Crippen MR) is 120 cm³/mol. The topological polar surface area (TPSA) is 74.2 Å². The van der Waals surface area contributed by atoms with Gasteiger partial charge in [-0.2, -0.15) is 0 Å². The first-order chi connectivity index (χ1) is 14.0. The molecule has 5 nitrogen and oxygen atoms in total. The summed E-state index contributed by atoms with van der Waals surface area (Å²) < 4.78 is 0. The lowest BCUT2D eigenvalue weighted by molar-refractivity contribution is -0.120. The number of aromatic amines is 1. The standard InChI is InChI=1S/C23H27ClN4O/c1-14(19-12-27-20-6-4-3-5-18(19)20)22(25)23(29)28-13-15(11-26-2)9-16-10-17(24)7-8-21(16)28/h3-8,10,12,14-15,22,26-27H,9,11,13,25H2,1-2H3/t14?,15-,22?/m1/s1. The second-order valence-corrected chi connectivity index (χ2v) is 8.39. The van der Waals surface area contributed by atoms with Gasteiger partial charge in [0.15, 0.2) is 0 Å². The summed E-state index contributed by atoms with van der Waals surface area (Å²) in [6.45, 7) is 3.52. The van der Waals surface area contributed by atoms with Gasteiger partial charge in [0.1, 0.15) is 0 Å². The number of fused-ring (bicyclic) bond motifs is 2. The summed E-state index contributed by atoms with van der Waals surface area (Å²) in [5.41, 5.74) is 10.7. The van der Waals surface area contributed by atoms with Crippen LogP contribution in [0.4, 0.5) is 5.69 Å². The molecule has 2 unspecified atom stereocenters. The molecule has 0 radical (unpaired) electrons. The zero-order valence-electron chi connectivity index (χ0n) is 16.8. The fraction of sp³-hybridized carbons (Fsp3) is 0.348. The first kappa shape index (κ1) is 20.0. The Hall–Kier alpha value is -2.34. The molecule has 0 fully saturated rings. The lowest BCUT2D eigenvalue weighted by Gasteiger charge is -2.37. The number of para-hydroxylation sites is 1. The Morgan fingerprint density at radius 2 is 2.14 bits per heavy atom. The van der Waals surface area contributed by atoms with E-state index in [1.54, 1.807) is 0 Å². The number of carbonyl (C=O) groups excluding carboxylic acids is 1. The van der Waals surface area contributed by atoms with E-state index >= 15 is 0 Å². The van der Waals surface area contributed by atoms with Gasteiger partial charge in [0.2, 0.25) is 5.91 Å². The van der Waals surface area contributed by atoms with Gasteiger partial charge in [-0.15, -0.1) is 0 Å². The van der Waals surface area contributed by atoms with Crippen LogP contribution >= 0.6 is 11.6 Å². The Kier molecular flexibility index (Phi) is 5.63. The molecule has 3 aromatic rings. The van der Waals surface area contributed by atoms with Crippen LogP contribution in [0.5, 0.6) is 0 Å². The normalized spacial score (nSPS) is 18.5. The fourth-order valence-corrected chi connectivity index (χ4v) is 4.60. The van der Waals surface area contributed by atoms with Crippen molar-refractivity contribution in [3.63, 3.8) is 0 Å². The number of nitrogens with one attached hydrogen (secondary N) is 2. The third-order valence-corrected chi connectivity index (χ3v) is 6.21. The van der Waals surface area contributed by atoms with Crippen molar-refractivity contribution in [2.75, 3.05) is 25.0 Å². The monoisotopic (exact) mass is 410 g/mol. The van der Waals surface area contributed by atoms with Crippen molar-refractivity contribution >= 4 is 34.1 Å².